The Hall–Kier alpha value is -0.920. The fraction of sp³-hybridized carbons (Fsp3) is 0.500. The molecule has 1 fully saturated rings. The summed E-state index contributed by atoms with van der Waals surface area (Å²) < 4.78 is 0. The maximum atomic E-state index is 3.89. The van der Waals surface area contributed by atoms with Crippen LogP contribution in [0.1, 0.15) is 13.8 Å². The molecule has 0 amide bonds. The van der Waals surface area contributed by atoms with Crippen LogP contribution in [-0.4, -0.2) is 17.5 Å². The minimum atomic E-state index is 0.0110. The third-order valence-corrected chi connectivity index (χ3v) is 2.28. The summed E-state index contributed by atoms with van der Waals surface area (Å²) in [5.74, 6) is 0.926. The minimum absolute atomic E-state index is 0.0110. The highest BCUT2D eigenvalue weighted by Gasteiger charge is 2.34. The summed E-state index contributed by atoms with van der Waals surface area (Å²) in [5, 5.41) is 3.09. The molecule has 1 N–H and O–H groups in total. The fourth-order valence-corrected chi connectivity index (χ4v) is 0.951. The van der Waals surface area contributed by atoms with Gasteiger partial charge >= 0.3 is 0 Å². The third-order valence-electron chi connectivity index (χ3n) is 2.28. The summed E-state index contributed by atoms with van der Waals surface area (Å²) in [6, 6.07) is 0. The van der Waals surface area contributed by atoms with Gasteiger partial charge in [-0.15, -0.1) is 0 Å². The molecule has 0 atom stereocenters. The molecular formula is C8H14N2. The van der Waals surface area contributed by atoms with Gasteiger partial charge in [0.05, 0.1) is 11.4 Å². The maximum absolute atomic E-state index is 3.89. The van der Waals surface area contributed by atoms with Crippen LogP contribution >= 0.6 is 0 Å². The van der Waals surface area contributed by atoms with Gasteiger partial charge in [0.15, 0.2) is 0 Å². The van der Waals surface area contributed by atoms with Gasteiger partial charge in [0.2, 0.25) is 0 Å². The van der Waals surface area contributed by atoms with Crippen LogP contribution in [0.25, 0.3) is 0 Å². The lowest BCUT2D eigenvalue weighted by Gasteiger charge is -2.28. The molecule has 0 aromatic carbocycles. The fourth-order valence-electron chi connectivity index (χ4n) is 0.951. The number of hydrogen-bond acceptors (Lipinski definition) is 2. The second-order valence-corrected chi connectivity index (χ2v) is 3.17. The molecule has 56 valence electrons. The van der Waals surface area contributed by atoms with Crippen LogP contribution in [-0.2, 0) is 0 Å². The maximum Gasteiger partial charge on any atom is 0.0986 e. The van der Waals surface area contributed by atoms with E-state index in [4.69, 9.17) is 0 Å². The summed E-state index contributed by atoms with van der Waals surface area (Å²) >= 11 is 0. The molecule has 0 aromatic heterocycles. The van der Waals surface area contributed by atoms with Crippen molar-refractivity contribution >= 4 is 0 Å². The second-order valence-electron chi connectivity index (χ2n) is 3.17. The van der Waals surface area contributed by atoms with Crippen LogP contribution < -0.4 is 5.32 Å². The van der Waals surface area contributed by atoms with Crippen LogP contribution in [0.15, 0.2) is 24.7 Å². The van der Waals surface area contributed by atoms with Crippen molar-refractivity contribution < 1.29 is 0 Å². The van der Waals surface area contributed by atoms with Crippen molar-refractivity contribution in [3.05, 3.63) is 24.7 Å². The molecule has 0 aliphatic carbocycles. The summed E-state index contributed by atoms with van der Waals surface area (Å²) in [5.41, 5.74) is 1.02. The summed E-state index contributed by atoms with van der Waals surface area (Å²) in [4.78, 5) is 2.08. The van der Waals surface area contributed by atoms with Crippen molar-refractivity contribution in [3.63, 3.8) is 0 Å². The van der Waals surface area contributed by atoms with Gasteiger partial charge in [-0.1, -0.05) is 13.2 Å². The molecule has 0 unspecified atom stereocenters. The largest absolute Gasteiger partial charge is 0.351 e. The SMILES string of the molecule is C=C1NC(=C)C(C)(C)N1C. The van der Waals surface area contributed by atoms with Crippen LogP contribution in [0.2, 0.25) is 0 Å². The van der Waals surface area contributed by atoms with E-state index in [1.54, 1.807) is 0 Å². The summed E-state index contributed by atoms with van der Waals surface area (Å²) in [7, 11) is 2.01. The molecule has 1 aliphatic heterocycles. The van der Waals surface area contributed by atoms with Crippen LogP contribution in [0.5, 0.6) is 0 Å². The lowest BCUT2D eigenvalue weighted by Crippen LogP contribution is -2.34. The van der Waals surface area contributed by atoms with E-state index in [0.29, 0.717) is 0 Å². The zero-order chi connectivity index (χ0) is 7.94. The molecule has 1 aliphatic rings. The molecule has 0 saturated carbocycles. The molecular weight excluding hydrogens is 124 g/mol. The Morgan fingerprint density at radius 3 is 2.00 bits per heavy atom. The van der Waals surface area contributed by atoms with Crippen molar-refractivity contribution in [3.8, 4) is 0 Å². The highest BCUT2D eigenvalue weighted by atomic mass is 15.3. The van der Waals surface area contributed by atoms with Gasteiger partial charge in [-0.25, -0.2) is 0 Å². The van der Waals surface area contributed by atoms with E-state index in [1.165, 1.54) is 0 Å². The summed E-state index contributed by atoms with van der Waals surface area (Å²) in [6.45, 7) is 12.0. The van der Waals surface area contributed by atoms with E-state index >= 15 is 0 Å². The van der Waals surface area contributed by atoms with Gasteiger partial charge in [-0.05, 0) is 13.8 Å². The van der Waals surface area contributed by atoms with Crippen molar-refractivity contribution in [2.45, 2.75) is 19.4 Å². The van der Waals surface area contributed by atoms with E-state index in [-0.39, 0.29) is 5.54 Å². The highest BCUT2D eigenvalue weighted by molar-refractivity contribution is 5.25. The zero-order valence-electron chi connectivity index (χ0n) is 6.86. The Kier molecular flexibility index (Phi) is 1.28. The standard InChI is InChI=1S/C8H14N2/c1-6-8(3,4)10(5)7(2)9-6/h9H,1-2H2,3-5H3. The van der Waals surface area contributed by atoms with Crippen molar-refractivity contribution in [2.75, 3.05) is 7.05 Å². The first kappa shape index (κ1) is 7.19. The topological polar surface area (TPSA) is 15.3 Å². The Labute approximate surface area is 62.2 Å². The van der Waals surface area contributed by atoms with Gasteiger partial charge in [-0.2, -0.15) is 0 Å². The molecule has 10 heavy (non-hydrogen) atoms. The van der Waals surface area contributed by atoms with E-state index < -0.39 is 0 Å². The molecule has 2 nitrogen and oxygen atoms in total. The molecule has 1 heterocycles. The van der Waals surface area contributed by atoms with Crippen molar-refractivity contribution in [1.29, 1.82) is 0 Å². The smallest absolute Gasteiger partial charge is 0.0986 e. The number of rotatable bonds is 0. The van der Waals surface area contributed by atoms with Gasteiger partial charge in [0.25, 0.3) is 0 Å². The third kappa shape index (κ3) is 0.719. The Morgan fingerprint density at radius 1 is 1.40 bits per heavy atom. The van der Waals surface area contributed by atoms with Crippen LogP contribution in [0, 0.1) is 0 Å². The van der Waals surface area contributed by atoms with Crippen LogP contribution in [0.3, 0.4) is 0 Å². The first-order valence-electron chi connectivity index (χ1n) is 3.35. The molecule has 0 aromatic rings. The van der Waals surface area contributed by atoms with Crippen molar-refractivity contribution in [1.82, 2.24) is 10.2 Å². The molecule has 0 bridgehead atoms. The molecule has 1 rings (SSSR count). The molecule has 1 saturated heterocycles. The van der Waals surface area contributed by atoms with E-state index in [9.17, 15) is 0 Å². The highest BCUT2D eigenvalue weighted by Crippen LogP contribution is 2.28. The van der Waals surface area contributed by atoms with Gasteiger partial charge in [0.1, 0.15) is 0 Å². The van der Waals surface area contributed by atoms with Gasteiger partial charge in [0, 0.05) is 12.7 Å². The van der Waals surface area contributed by atoms with E-state index in [2.05, 4.69) is 37.2 Å². The predicted octanol–water partition coefficient (Wildman–Crippen LogP) is 1.28. The Bertz CT molecular complexity index is 191. The lowest BCUT2D eigenvalue weighted by atomic mass is 10.0. The predicted molar refractivity (Wildman–Crippen MR) is 43.3 cm³/mol. The number of hydrogen-bond donors (Lipinski definition) is 1. The minimum Gasteiger partial charge on any atom is -0.351 e. The lowest BCUT2D eigenvalue weighted by molar-refractivity contribution is 0.286. The number of nitrogens with one attached hydrogen (secondary N) is 1. The average molecular weight is 138 g/mol. The molecule has 0 radical (unpaired) electrons. The first-order chi connectivity index (χ1) is 4.46. The first-order valence-corrected chi connectivity index (χ1v) is 3.35. The Balaban J connectivity index is 2.96. The monoisotopic (exact) mass is 138 g/mol. The van der Waals surface area contributed by atoms with Gasteiger partial charge in [-0.3, -0.25) is 0 Å². The van der Waals surface area contributed by atoms with Crippen molar-refractivity contribution in [2.24, 2.45) is 0 Å². The zero-order valence-corrected chi connectivity index (χ0v) is 6.86. The van der Waals surface area contributed by atoms with Crippen LogP contribution in [0.4, 0.5) is 0 Å². The molecule has 2 heteroatoms. The van der Waals surface area contributed by atoms with E-state index in [1.807, 2.05) is 7.05 Å². The quantitative estimate of drug-likeness (QED) is 0.542. The Morgan fingerprint density at radius 2 is 1.90 bits per heavy atom. The number of nitrogens with zero attached hydrogens (tertiary/aromatic N) is 1. The second kappa shape index (κ2) is 1.78. The normalized spacial score (nSPS) is 23.3. The average Bonchev–Trinajstić information content (AvgIpc) is 1.97. The summed E-state index contributed by atoms with van der Waals surface area (Å²) in [6.07, 6.45) is 0. The molecule has 0 spiro atoms. The van der Waals surface area contributed by atoms with E-state index in [0.717, 1.165) is 11.5 Å². The van der Waals surface area contributed by atoms with Gasteiger partial charge < -0.3 is 10.2 Å². The number of likely N-dealkylation sites (N-methyl/N-ethyl adjacent to an activating group) is 1.